The van der Waals surface area contributed by atoms with Gasteiger partial charge in [0, 0.05) is 12.6 Å². The van der Waals surface area contributed by atoms with Gasteiger partial charge in [0.25, 0.3) is 11.8 Å². The molecular weight excluding hydrogens is 356 g/mol. The summed E-state index contributed by atoms with van der Waals surface area (Å²) in [6.45, 7) is 4.08. The van der Waals surface area contributed by atoms with Gasteiger partial charge in [-0.05, 0) is 36.2 Å². The van der Waals surface area contributed by atoms with Crippen LogP contribution in [-0.2, 0) is 11.8 Å². The molecule has 2 N–H and O–H groups in total. The fourth-order valence-corrected chi connectivity index (χ4v) is 3.42. The van der Waals surface area contributed by atoms with Crippen LogP contribution in [-0.4, -0.2) is 28.0 Å². The van der Waals surface area contributed by atoms with E-state index in [9.17, 15) is 9.59 Å². The summed E-state index contributed by atoms with van der Waals surface area (Å²) in [5, 5.41) is 5.82. The Morgan fingerprint density at radius 2 is 2.04 bits per heavy atom. The number of aromatic nitrogens is 2. The summed E-state index contributed by atoms with van der Waals surface area (Å²) < 4.78 is 7.37. The predicted octanol–water partition coefficient (Wildman–Crippen LogP) is 3.03. The number of carbonyl (C=O) groups is 2. The monoisotopic (exact) mass is 378 g/mol. The molecule has 7 heteroatoms. The van der Waals surface area contributed by atoms with E-state index in [-0.39, 0.29) is 30.4 Å². The Morgan fingerprint density at radius 1 is 1.25 bits per heavy atom. The van der Waals surface area contributed by atoms with E-state index in [1.165, 1.54) is 0 Å². The van der Waals surface area contributed by atoms with Crippen molar-refractivity contribution in [3.63, 3.8) is 0 Å². The van der Waals surface area contributed by atoms with E-state index in [0.717, 1.165) is 16.9 Å². The Labute approximate surface area is 162 Å². The summed E-state index contributed by atoms with van der Waals surface area (Å²) in [5.41, 5.74) is 2.88. The van der Waals surface area contributed by atoms with Crippen molar-refractivity contribution in [2.45, 2.75) is 19.9 Å². The number of benzene rings is 2. The first-order valence-electron chi connectivity index (χ1n) is 9.23. The zero-order valence-corrected chi connectivity index (χ0v) is 16.0. The molecule has 7 nitrogen and oxygen atoms in total. The number of ether oxygens (including phenoxy) is 1. The first-order chi connectivity index (χ1) is 13.4. The fraction of sp³-hybridized carbons (Fsp3) is 0.286. The molecule has 1 atom stereocenters. The second-order valence-electron chi connectivity index (χ2n) is 7.26. The minimum atomic E-state index is -0.258. The first-order valence-corrected chi connectivity index (χ1v) is 9.23. The maximum Gasteiger partial charge on any atom is 0.262 e. The zero-order chi connectivity index (χ0) is 19.8. The lowest BCUT2D eigenvalue weighted by Gasteiger charge is -2.23. The highest BCUT2D eigenvalue weighted by Gasteiger charge is 2.25. The highest BCUT2D eigenvalue weighted by Crippen LogP contribution is 2.29. The number of hydrogen-bond acceptors (Lipinski definition) is 4. The van der Waals surface area contributed by atoms with Gasteiger partial charge in [-0.3, -0.25) is 9.59 Å². The molecule has 4 rings (SSSR count). The van der Waals surface area contributed by atoms with Crippen LogP contribution in [0.2, 0.25) is 0 Å². The van der Waals surface area contributed by atoms with Gasteiger partial charge in [-0.1, -0.05) is 26.0 Å². The molecular formula is C21H22N4O3. The predicted molar refractivity (Wildman–Crippen MR) is 106 cm³/mol. The normalized spacial score (nSPS) is 14.4. The Morgan fingerprint density at radius 3 is 2.79 bits per heavy atom. The smallest absolute Gasteiger partial charge is 0.262 e. The van der Waals surface area contributed by atoms with Gasteiger partial charge in [-0.2, -0.15) is 0 Å². The molecule has 0 fully saturated rings. The molecule has 0 saturated carbocycles. The van der Waals surface area contributed by atoms with E-state index >= 15 is 0 Å². The third-order valence-electron chi connectivity index (χ3n) is 4.93. The summed E-state index contributed by atoms with van der Waals surface area (Å²) in [6, 6.07) is 12.7. The number of fused-ring (bicyclic) bond motifs is 2. The van der Waals surface area contributed by atoms with E-state index in [2.05, 4.69) is 10.6 Å². The van der Waals surface area contributed by atoms with Crippen molar-refractivity contribution >= 4 is 28.5 Å². The largest absolute Gasteiger partial charge is 0.482 e. The fourth-order valence-electron chi connectivity index (χ4n) is 3.42. The number of aryl methyl sites for hydroxylation is 1. The van der Waals surface area contributed by atoms with Crippen molar-refractivity contribution in [2.24, 2.45) is 13.0 Å². The number of hydrogen-bond donors (Lipinski definition) is 2. The van der Waals surface area contributed by atoms with E-state index < -0.39 is 0 Å². The van der Waals surface area contributed by atoms with Crippen LogP contribution in [0.4, 0.5) is 5.69 Å². The number of imidazole rings is 1. The van der Waals surface area contributed by atoms with E-state index in [1.807, 2.05) is 49.7 Å². The average Bonchev–Trinajstić information content (AvgIpc) is 3.01. The van der Waals surface area contributed by atoms with Gasteiger partial charge >= 0.3 is 0 Å². The molecule has 1 aliphatic rings. The maximum atomic E-state index is 12.9. The minimum absolute atomic E-state index is 0.0132. The molecule has 1 aromatic heterocycles. The number of nitrogens with one attached hydrogen (secondary N) is 2. The van der Waals surface area contributed by atoms with Crippen LogP contribution in [0.25, 0.3) is 11.0 Å². The molecule has 0 aliphatic carbocycles. The maximum absolute atomic E-state index is 12.9. The van der Waals surface area contributed by atoms with Crippen LogP contribution in [0.5, 0.6) is 5.75 Å². The van der Waals surface area contributed by atoms with Crippen molar-refractivity contribution in [3.05, 3.63) is 53.9 Å². The molecule has 0 bridgehead atoms. The van der Waals surface area contributed by atoms with Crippen LogP contribution in [0.3, 0.4) is 0 Å². The number of amides is 2. The Balaban J connectivity index is 1.63. The highest BCUT2D eigenvalue weighted by molar-refractivity contribution is 6.00. The number of carbonyl (C=O) groups excluding carboxylic acids is 2. The van der Waals surface area contributed by atoms with Gasteiger partial charge in [-0.25, -0.2) is 4.98 Å². The van der Waals surface area contributed by atoms with Gasteiger partial charge < -0.3 is 19.9 Å². The Hall–Kier alpha value is -3.35. The van der Waals surface area contributed by atoms with Crippen LogP contribution < -0.4 is 15.4 Å². The molecule has 0 radical (unpaired) electrons. The highest BCUT2D eigenvalue weighted by atomic mass is 16.5. The Bertz CT molecular complexity index is 1070. The van der Waals surface area contributed by atoms with Crippen molar-refractivity contribution in [2.75, 3.05) is 11.9 Å². The summed E-state index contributed by atoms with van der Waals surface area (Å²) >= 11 is 0. The summed E-state index contributed by atoms with van der Waals surface area (Å²) in [6.07, 6.45) is 0. The third-order valence-corrected chi connectivity index (χ3v) is 4.93. The van der Waals surface area contributed by atoms with Crippen LogP contribution in [0, 0.1) is 5.92 Å². The summed E-state index contributed by atoms with van der Waals surface area (Å²) in [5.74, 6) is 1.05. The van der Waals surface area contributed by atoms with Crippen molar-refractivity contribution in [1.29, 1.82) is 0 Å². The SMILES string of the molecule is CC(C)[C@@H](NC(=O)c1ccc2c(c1)NC(=O)CO2)c1nc2ccccc2n1C. The molecule has 0 saturated heterocycles. The van der Waals surface area contributed by atoms with Gasteiger partial charge in [0.1, 0.15) is 11.6 Å². The quantitative estimate of drug-likeness (QED) is 0.731. The van der Waals surface area contributed by atoms with E-state index in [0.29, 0.717) is 17.0 Å². The topological polar surface area (TPSA) is 85.2 Å². The molecule has 28 heavy (non-hydrogen) atoms. The molecule has 1 aliphatic heterocycles. The van der Waals surface area contributed by atoms with Crippen LogP contribution in [0.1, 0.15) is 36.1 Å². The number of nitrogens with zero attached hydrogens (tertiary/aromatic N) is 2. The molecule has 144 valence electrons. The molecule has 3 aromatic rings. The van der Waals surface area contributed by atoms with Crippen molar-refractivity contribution in [3.8, 4) is 5.75 Å². The standard InChI is InChI=1S/C21H22N4O3/c1-12(2)19(20-23-14-6-4-5-7-16(14)25(20)3)24-21(27)13-8-9-17-15(10-13)22-18(26)11-28-17/h4-10,12,19H,11H2,1-3H3,(H,22,26)(H,24,27)/t19-/m1/s1. The minimum Gasteiger partial charge on any atom is -0.482 e. The van der Waals surface area contributed by atoms with Gasteiger partial charge in [0.05, 0.1) is 22.8 Å². The van der Waals surface area contributed by atoms with Crippen LogP contribution in [0.15, 0.2) is 42.5 Å². The summed E-state index contributed by atoms with van der Waals surface area (Å²) in [4.78, 5) is 29.2. The lowest BCUT2D eigenvalue weighted by molar-refractivity contribution is -0.118. The molecule has 2 aromatic carbocycles. The van der Waals surface area contributed by atoms with Crippen molar-refractivity contribution < 1.29 is 14.3 Å². The van der Waals surface area contributed by atoms with Gasteiger partial charge in [-0.15, -0.1) is 0 Å². The second-order valence-corrected chi connectivity index (χ2v) is 7.26. The molecule has 2 amide bonds. The summed E-state index contributed by atoms with van der Waals surface area (Å²) in [7, 11) is 1.96. The van der Waals surface area contributed by atoms with Crippen LogP contribution >= 0.6 is 0 Å². The zero-order valence-electron chi connectivity index (χ0n) is 16.0. The first kappa shape index (κ1) is 18.0. The number of para-hydroxylation sites is 2. The average molecular weight is 378 g/mol. The van der Waals surface area contributed by atoms with Gasteiger partial charge in [0.2, 0.25) is 0 Å². The van der Waals surface area contributed by atoms with E-state index in [1.54, 1.807) is 18.2 Å². The second kappa shape index (κ2) is 6.99. The van der Waals surface area contributed by atoms with Crippen molar-refractivity contribution in [1.82, 2.24) is 14.9 Å². The lowest BCUT2D eigenvalue weighted by atomic mass is 10.0. The molecule has 0 spiro atoms. The third kappa shape index (κ3) is 3.19. The molecule has 2 heterocycles. The number of rotatable bonds is 4. The lowest BCUT2D eigenvalue weighted by Crippen LogP contribution is -2.33. The number of anilines is 1. The van der Waals surface area contributed by atoms with E-state index in [4.69, 9.17) is 9.72 Å². The molecule has 0 unspecified atom stereocenters. The van der Waals surface area contributed by atoms with Gasteiger partial charge in [0.15, 0.2) is 6.61 Å². The Kier molecular flexibility index (Phi) is 4.50.